The number of hydrogen-bond acceptors (Lipinski definition) is 4. The van der Waals surface area contributed by atoms with E-state index in [2.05, 4.69) is 4.98 Å². The maximum atomic E-state index is 6.01. The topological polar surface area (TPSA) is 51.8 Å². The second-order valence-corrected chi connectivity index (χ2v) is 5.71. The number of fused-ring (bicyclic) bond motifs is 1. The molecular formula is C12H17N3S. The van der Waals surface area contributed by atoms with Crippen molar-refractivity contribution in [2.45, 2.75) is 49.5 Å². The van der Waals surface area contributed by atoms with Crippen LogP contribution < -0.4 is 5.73 Å². The van der Waals surface area contributed by atoms with E-state index in [9.17, 15) is 0 Å². The molecule has 0 atom stereocenters. The van der Waals surface area contributed by atoms with Gasteiger partial charge in [0.15, 0.2) is 0 Å². The van der Waals surface area contributed by atoms with Crippen LogP contribution in [0.15, 0.2) is 0 Å². The van der Waals surface area contributed by atoms with Crippen molar-refractivity contribution < 1.29 is 0 Å². The number of rotatable bonds is 1. The molecule has 2 heterocycles. The Hall–Kier alpha value is -0.770. The van der Waals surface area contributed by atoms with Gasteiger partial charge in [-0.2, -0.15) is 11.8 Å². The first kappa shape index (κ1) is 10.4. The third kappa shape index (κ3) is 1.79. The largest absolute Gasteiger partial charge is 0.383 e. The highest BCUT2D eigenvalue weighted by Crippen LogP contribution is 2.35. The zero-order valence-corrected chi connectivity index (χ0v) is 10.2. The molecule has 0 amide bonds. The smallest absolute Gasteiger partial charge is 0.134 e. The van der Waals surface area contributed by atoms with Crippen molar-refractivity contribution in [1.82, 2.24) is 9.97 Å². The molecular weight excluding hydrogens is 218 g/mol. The number of nitrogen functional groups attached to an aromatic ring is 1. The van der Waals surface area contributed by atoms with Gasteiger partial charge in [-0.1, -0.05) is 19.3 Å². The molecule has 2 aliphatic rings. The SMILES string of the molecule is Nc1nc(C2CCCCC2)nc2c1CSC2. The Balaban J connectivity index is 1.92. The molecule has 2 N–H and O–H groups in total. The minimum absolute atomic E-state index is 0.562. The van der Waals surface area contributed by atoms with Crippen molar-refractivity contribution in [3.8, 4) is 0 Å². The van der Waals surface area contributed by atoms with Gasteiger partial charge >= 0.3 is 0 Å². The second-order valence-electron chi connectivity index (χ2n) is 4.72. The molecule has 16 heavy (non-hydrogen) atoms. The van der Waals surface area contributed by atoms with Crippen molar-refractivity contribution in [1.29, 1.82) is 0 Å². The van der Waals surface area contributed by atoms with Crippen LogP contribution in [0.25, 0.3) is 0 Å². The highest BCUT2D eigenvalue weighted by atomic mass is 32.2. The average molecular weight is 235 g/mol. The number of hydrogen-bond donors (Lipinski definition) is 1. The van der Waals surface area contributed by atoms with Crippen LogP contribution in [0.1, 0.15) is 55.1 Å². The number of nitrogens with zero attached hydrogens (tertiary/aromatic N) is 2. The van der Waals surface area contributed by atoms with Gasteiger partial charge in [0.2, 0.25) is 0 Å². The minimum Gasteiger partial charge on any atom is -0.383 e. The summed E-state index contributed by atoms with van der Waals surface area (Å²) in [5.41, 5.74) is 8.39. The molecule has 1 saturated carbocycles. The number of aromatic nitrogens is 2. The van der Waals surface area contributed by atoms with Crippen LogP contribution in [0.3, 0.4) is 0 Å². The fraction of sp³-hybridized carbons (Fsp3) is 0.667. The maximum absolute atomic E-state index is 6.01. The van der Waals surface area contributed by atoms with Gasteiger partial charge in [-0.15, -0.1) is 0 Å². The Bertz CT molecular complexity index is 399. The second kappa shape index (κ2) is 4.24. The van der Waals surface area contributed by atoms with Gasteiger partial charge in [-0.05, 0) is 12.8 Å². The number of nitrogens with two attached hydrogens (primary N) is 1. The summed E-state index contributed by atoms with van der Waals surface area (Å²) >= 11 is 1.89. The molecule has 1 aliphatic heterocycles. The zero-order chi connectivity index (χ0) is 11.0. The quantitative estimate of drug-likeness (QED) is 0.813. The molecule has 0 radical (unpaired) electrons. The lowest BCUT2D eigenvalue weighted by atomic mass is 9.88. The summed E-state index contributed by atoms with van der Waals surface area (Å²) in [6.07, 6.45) is 6.49. The minimum atomic E-state index is 0.562. The first-order valence-corrected chi connectivity index (χ1v) is 7.23. The summed E-state index contributed by atoms with van der Waals surface area (Å²) < 4.78 is 0. The lowest BCUT2D eigenvalue weighted by Crippen LogP contribution is -2.12. The van der Waals surface area contributed by atoms with E-state index in [-0.39, 0.29) is 0 Å². The molecule has 86 valence electrons. The Morgan fingerprint density at radius 2 is 1.88 bits per heavy atom. The summed E-state index contributed by atoms with van der Waals surface area (Å²) in [4.78, 5) is 9.25. The van der Waals surface area contributed by atoms with Crippen molar-refractivity contribution in [3.63, 3.8) is 0 Å². The molecule has 0 bridgehead atoms. The van der Waals surface area contributed by atoms with Crippen molar-refractivity contribution >= 4 is 17.6 Å². The Morgan fingerprint density at radius 1 is 1.06 bits per heavy atom. The summed E-state index contributed by atoms with van der Waals surface area (Å²) in [6.45, 7) is 0. The Kier molecular flexibility index (Phi) is 2.75. The molecule has 3 nitrogen and oxygen atoms in total. The van der Waals surface area contributed by atoms with Crippen molar-refractivity contribution in [3.05, 3.63) is 17.1 Å². The van der Waals surface area contributed by atoms with E-state index in [0.717, 1.165) is 23.1 Å². The van der Waals surface area contributed by atoms with Gasteiger partial charge in [-0.3, -0.25) is 0 Å². The molecule has 3 rings (SSSR count). The van der Waals surface area contributed by atoms with Gasteiger partial charge in [0.1, 0.15) is 11.6 Å². The van der Waals surface area contributed by atoms with Crippen LogP contribution in [0.2, 0.25) is 0 Å². The number of anilines is 1. The van der Waals surface area contributed by atoms with E-state index < -0.39 is 0 Å². The summed E-state index contributed by atoms with van der Waals surface area (Å²) in [5, 5.41) is 0. The molecule has 1 aliphatic carbocycles. The van der Waals surface area contributed by atoms with Crippen molar-refractivity contribution in [2.75, 3.05) is 5.73 Å². The predicted molar refractivity (Wildman–Crippen MR) is 67.3 cm³/mol. The van der Waals surface area contributed by atoms with E-state index >= 15 is 0 Å². The molecule has 0 spiro atoms. The average Bonchev–Trinajstić information content (AvgIpc) is 2.79. The van der Waals surface area contributed by atoms with Gasteiger partial charge in [0.25, 0.3) is 0 Å². The summed E-state index contributed by atoms with van der Waals surface area (Å²) in [6, 6.07) is 0. The first-order chi connectivity index (χ1) is 7.84. The Labute approximate surface area is 100 Å². The van der Waals surface area contributed by atoms with E-state index in [1.807, 2.05) is 11.8 Å². The van der Waals surface area contributed by atoms with Crippen LogP contribution in [0, 0.1) is 0 Å². The highest BCUT2D eigenvalue weighted by Gasteiger charge is 2.23. The van der Waals surface area contributed by atoms with Crippen LogP contribution in [-0.2, 0) is 11.5 Å². The van der Waals surface area contributed by atoms with Gasteiger partial charge in [-0.25, -0.2) is 9.97 Å². The van der Waals surface area contributed by atoms with Gasteiger partial charge < -0.3 is 5.73 Å². The van der Waals surface area contributed by atoms with Crippen LogP contribution in [0.5, 0.6) is 0 Å². The zero-order valence-electron chi connectivity index (χ0n) is 9.41. The molecule has 1 aromatic rings. The normalized spacial score (nSPS) is 21.0. The maximum Gasteiger partial charge on any atom is 0.134 e. The lowest BCUT2D eigenvalue weighted by molar-refractivity contribution is 0.428. The summed E-state index contributed by atoms with van der Waals surface area (Å²) in [7, 11) is 0. The molecule has 0 unspecified atom stereocenters. The molecule has 0 aromatic carbocycles. The van der Waals surface area contributed by atoms with Gasteiger partial charge in [0.05, 0.1) is 5.69 Å². The molecule has 4 heteroatoms. The van der Waals surface area contributed by atoms with E-state index in [1.54, 1.807) is 0 Å². The third-order valence-electron chi connectivity index (χ3n) is 3.60. The lowest BCUT2D eigenvalue weighted by Gasteiger charge is -2.20. The standard InChI is InChI=1S/C12H17N3S/c13-11-9-6-16-7-10(9)14-12(15-11)8-4-2-1-3-5-8/h8H,1-7H2,(H2,13,14,15). The van der Waals surface area contributed by atoms with Crippen LogP contribution in [0.4, 0.5) is 5.82 Å². The fourth-order valence-electron chi connectivity index (χ4n) is 2.64. The predicted octanol–water partition coefficient (Wildman–Crippen LogP) is 2.85. The monoisotopic (exact) mass is 235 g/mol. The van der Waals surface area contributed by atoms with E-state index in [0.29, 0.717) is 5.92 Å². The first-order valence-electron chi connectivity index (χ1n) is 6.07. The van der Waals surface area contributed by atoms with Crippen molar-refractivity contribution in [2.24, 2.45) is 0 Å². The molecule has 1 fully saturated rings. The molecule has 0 saturated heterocycles. The van der Waals surface area contributed by atoms with E-state index in [4.69, 9.17) is 10.7 Å². The van der Waals surface area contributed by atoms with Crippen LogP contribution >= 0.6 is 11.8 Å². The molecule has 1 aromatic heterocycles. The number of thioether (sulfide) groups is 1. The van der Waals surface area contributed by atoms with Gasteiger partial charge in [0, 0.05) is 23.0 Å². The third-order valence-corrected chi connectivity index (χ3v) is 4.57. The fourth-order valence-corrected chi connectivity index (χ4v) is 3.69. The highest BCUT2D eigenvalue weighted by molar-refractivity contribution is 7.98. The van der Waals surface area contributed by atoms with Crippen LogP contribution in [-0.4, -0.2) is 9.97 Å². The summed E-state index contributed by atoms with van der Waals surface area (Å²) in [5.74, 6) is 4.31. The van der Waals surface area contributed by atoms with E-state index in [1.165, 1.54) is 43.4 Å². The Morgan fingerprint density at radius 3 is 2.69 bits per heavy atom.